The van der Waals surface area contributed by atoms with Gasteiger partial charge in [-0.25, -0.2) is 0 Å². The second-order valence-corrected chi connectivity index (χ2v) is 7.90. The number of hydrogen-bond acceptors (Lipinski definition) is 3. The van der Waals surface area contributed by atoms with Gasteiger partial charge in [0.2, 0.25) is 0 Å². The molecular formula is C21H26N2O. The largest absolute Gasteiger partial charge is 0.378 e. The Labute approximate surface area is 144 Å². The molecule has 2 bridgehead atoms. The van der Waals surface area contributed by atoms with Crippen LogP contribution in [0.15, 0.2) is 41.4 Å². The summed E-state index contributed by atoms with van der Waals surface area (Å²) in [4.78, 5) is 7.91. The van der Waals surface area contributed by atoms with Crippen LogP contribution in [0.4, 0.5) is 0 Å². The van der Waals surface area contributed by atoms with Crippen LogP contribution >= 0.6 is 0 Å². The highest BCUT2D eigenvalue weighted by Gasteiger charge is 2.58. The number of fused-ring (bicyclic) bond motifs is 3. The number of benzene rings is 1. The number of nitrogens with zero attached hydrogens (tertiary/aromatic N) is 2. The minimum Gasteiger partial charge on any atom is -0.378 e. The molecule has 3 heteroatoms. The van der Waals surface area contributed by atoms with Crippen LogP contribution in [-0.4, -0.2) is 42.6 Å². The second kappa shape index (κ2) is 5.45. The van der Waals surface area contributed by atoms with Gasteiger partial charge in [-0.05, 0) is 31.2 Å². The first-order chi connectivity index (χ1) is 11.8. The molecule has 2 fully saturated rings. The van der Waals surface area contributed by atoms with Crippen molar-refractivity contribution in [3.63, 3.8) is 0 Å². The lowest BCUT2D eigenvalue weighted by molar-refractivity contribution is 0.0674. The molecule has 0 aromatic heterocycles. The van der Waals surface area contributed by atoms with Crippen LogP contribution in [0.25, 0.3) is 0 Å². The van der Waals surface area contributed by atoms with E-state index in [1.165, 1.54) is 29.8 Å². The van der Waals surface area contributed by atoms with Crippen molar-refractivity contribution in [2.75, 3.05) is 26.3 Å². The second-order valence-electron chi connectivity index (χ2n) is 7.90. The summed E-state index contributed by atoms with van der Waals surface area (Å²) < 4.78 is 5.52. The van der Waals surface area contributed by atoms with E-state index in [1.807, 2.05) is 0 Å². The van der Waals surface area contributed by atoms with Crippen molar-refractivity contribution < 1.29 is 4.74 Å². The quantitative estimate of drug-likeness (QED) is 0.739. The molecule has 0 amide bonds. The van der Waals surface area contributed by atoms with Gasteiger partial charge < -0.3 is 9.64 Å². The van der Waals surface area contributed by atoms with Crippen LogP contribution in [0.1, 0.15) is 36.3 Å². The molecule has 5 rings (SSSR count). The molecular weight excluding hydrogens is 296 g/mol. The molecule has 1 saturated carbocycles. The summed E-state index contributed by atoms with van der Waals surface area (Å²) in [7, 11) is 0. The summed E-state index contributed by atoms with van der Waals surface area (Å²) in [5.74, 6) is 3.21. The number of aryl methyl sites for hydroxylation is 1. The van der Waals surface area contributed by atoms with Gasteiger partial charge in [0, 0.05) is 31.3 Å². The average Bonchev–Trinajstić information content (AvgIpc) is 3.32. The number of morpholine rings is 1. The summed E-state index contributed by atoms with van der Waals surface area (Å²) in [6.45, 7) is 5.88. The fourth-order valence-corrected chi connectivity index (χ4v) is 5.46. The van der Waals surface area contributed by atoms with E-state index in [0.29, 0.717) is 17.8 Å². The van der Waals surface area contributed by atoms with Gasteiger partial charge in [0.25, 0.3) is 0 Å². The Bertz CT molecular complexity index is 686. The smallest absolute Gasteiger partial charge is 0.0998 e. The number of ether oxygens (including phenoxy) is 1. The maximum atomic E-state index is 5.52. The van der Waals surface area contributed by atoms with Crippen LogP contribution in [0.5, 0.6) is 0 Å². The van der Waals surface area contributed by atoms with Gasteiger partial charge in [-0.2, -0.15) is 0 Å². The zero-order valence-electron chi connectivity index (χ0n) is 14.4. The third-order valence-corrected chi connectivity index (χ3v) is 6.62. The maximum absolute atomic E-state index is 5.52. The average molecular weight is 322 g/mol. The maximum Gasteiger partial charge on any atom is 0.0998 e. The van der Waals surface area contributed by atoms with E-state index in [9.17, 15) is 0 Å². The molecule has 1 spiro atoms. The van der Waals surface area contributed by atoms with Gasteiger partial charge in [0.15, 0.2) is 0 Å². The van der Waals surface area contributed by atoms with Crippen molar-refractivity contribution in [3.8, 4) is 0 Å². The summed E-state index contributed by atoms with van der Waals surface area (Å²) in [5.41, 5.74) is 2.95. The zero-order valence-corrected chi connectivity index (χ0v) is 14.4. The van der Waals surface area contributed by atoms with Crippen molar-refractivity contribution in [1.29, 1.82) is 0 Å². The molecule has 2 heterocycles. The molecule has 0 radical (unpaired) electrons. The first-order valence-corrected chi connectivity index (χ1v) is 9.42. The van der Waals surface area contributed by atoms with Crippen LogP contribution in [-0.2, 0) is 4.74 Å². The predicted molar refractivity (Wildman–Crippen MR) is 96.4 cm³/mol. The van der Waals surface area contributed by atoms with Crippen LogP contribution in [0.3, 0.4) is 0 Å². The molecule has 4 unspecified atom stereocenters. The molecule has 3 nitrogen and oxygen atoms in total. The van der Waals surface area contributed by atoms with Gasteiger partial charge >= 0.3 is 0 Å². The van der Waals surface area contributed by atoms with Crippen LogP contribution in [0, 0.1) is 18.8 Å². The minimum atomic E-state index is 0.113. The van der Waals surface area contributed by atoms with Crippen LogP contribution < -0.4 is 0 Å². The van der Waals surface area contributed by atoms with Crippen LogP contribution in [0.2, 0.25) is 0 Å². The number of amidine groups is 1. The van der Waals surface area contributed by atoms with Crippen molar-refractivity contribution >= 4 is 5.84 Å². The molecule has 1 saturated heterocycles. The minimum absolute atomic E-state index is 0.113. The Balaban J connectivity index is 1.52. The molecule has 24 heavy (non-hydrogen) atoms. The summed E-state index contributed by atoms with van der Waals surface area (Å²) in [6, 6.07) is 9.22. The lowest BCUT2D eigenvalue weighted by Crippen LogP contribution is -2.40. The summed E-state index contributed by atoms with van der Waals surface area (Å²) >= 11 is 0. The fraction of sp³-hybridized carbons (Fsp3) is 0.571. The monoisotopic (exact) mass is 322 g/mol. The zero-order chi connectivity index (χ0) is 16.1. The molecule has 2 aliphatic heterocycles. The molecule has 0 N–H and O–H groups in total. The van der Waals surface area contributed by atoms with Gasteiger partial charge in [0.05, 0.1) is 24.6 Å². The van der Waals surface area contributed by atoms with Gasteiger partial charge in [-0.15, -0.1) is 0 Å². The fourth-order valence-electron chi connectivity index (χ4n) is 5.46. The van der Waals surface area contributed by atoms with Crippen molar-refractivity contribution in [1.82, 2.24) is 4.90 Å². The Morgan fingerprint density at radius 3 is 2.71 bits per heavy atom. The third kappa shape index (κ3) is 2.10. The molecule has 2 aliphatic carbocycles. The van der Waals surface area contributed by atoms with E-state index in [-0.39, 0.29) is 5.54 Å². The Morgan fingerprint density at radius 1 is 1.12 bits per heavy atom. The predicted octanol–water partition coefficient (Wildman–Crippen LogP) is 3.55. The van der Waals surface area contributed by atoms with Crippen molar-refractivity contribution in [2.45, 2.75) is 37.6 Å². The first-order valence-electron chi connectivity index (χ1n) is 9.42. The Morgan fingerprint density at radius 2 is 1.92 bits per heavy atom. The Hall–Kier alpha value is -1.61. The number of allylic oxidation sites excluding steroid dienone is 1. The molecule has 4 aliphatic rings. The molecule has 126 valence electrons. The highest BCUT2D eigenvalue weighted by atomic mass is 16.5. The lowest BCUT2D eigenvalue weighted by Gasteiger charge is -2.37. The summed E-state index contributed by atoms with van der Waals surface area (Å²) in [6.07, 6.45) is 8.56. The molecule has 4 atom stereocenters. The number of hydrogen-bond donors (Lipinski definition) is 0. The van der Waals surface area contributed by atoms with Gasteiger partial charge in [-0.3, -0.25) is 4.99 Å². The van der Waals surface area contributed by atoms with Crippen molar-refractivity contribution in [3.05, 3.63) is 47.5 Å². The van der Waals surface area contributed by atoms with E-state index in [1.54, 1.807) is 0 Å². The van der Waals surface area contributed by atoms with Gasteiger partial charge in [-0.1, -0.05) is 42.0 Å². The standard InChI is InChI=1S/C21H26N2O/c1-15-2-4-16(5-3-15)20-17-6-7-18(14-17)21(20)9-8-19(22-21)23-10-12-24-13-11-23/h2-7,17-18,20H,8-14H2,1H3. The number of aliphatic imine (C=N–C) groups is 1. The Kier molecular flexibility index (Phi) is 3.34. The lowest BCUT2D eigenvalue weighted by atomic mass is 9.71. The number of rotatable bonds is 1. The van der Waals surface area contributed by atoms with Gasteiger partial charge in [0.1, 0.15) is 0 Å². The molecule has 1 aromatic carbocycles. The topological polar surface area (TPSA) is 24.8 Å². The first kappa shape index (κ1) is 14.7. The SMILES string of the molecule is Cc1ccc(C2C3C=CC(C3)C23CCC(N2CCOCC2)=N3)cc1. The van der Waals surface area contributed by atoms with E-state index in [4.69, 9.17) is 9.73 Å². The van der Waals surface area contributed by atoms with E-state index < -0.39 is 0 Å². The summed E-state index contributed by atoms with van der Waals surface area (Å²) in [5, 5.41) is 0. The van der Waals surface area contributed by atoms with Crippen molar-refractivity contribution in [2.24, 2.45) is 16.8 Å². The molecule has 1 aromatic rings. The van der Waals surface area contributed by atoms with E-state index in [2.05, 4.69) is 48.2 Å². The highest BCUT2D eigenvalue weighted by Crippen LogP contribution is 2.60. The van der Waals surface area contributed by atoms with E-state index >= 15 is 0 Å². The van der Waals surface area contributed by atoms with E-state index in [0.717, 1.165) is 32.7 Å². The highest BCUT2D eigenvalue weighted by molar-refractivity contribution is 5.85. The normalized spacial score (nSPS) is 37.5. The third-order valence-electron chi connectivity index (χ3n) is 6.62.